The molecule has 0 saturated carbocycles. The standard InChI is InChI=1S/C16H27N5O2/c1-19(2)9-10-20-11-12-23-15-5-8-21(7-4-14(15)20)16(22)13-3-6-17-18-13/h3,6,14-15H,4-5,7-12H2,1-2H3,(H,17,18). The third kappa shape index (κ3) is 3.91. The smallest absolute Gasteiger partial charge is 0.271 e. The summed E-state index contributed by atoms with van der Waals surface area (Å²) in [7, 11) is 4.21. The molecule has 1 N–H and O–H groups in total. The lowest BCUT2D eigenvalue weighted by Gasteiger charge is -2.40. The molecule has 0 bridgehead atoms. The van der Waals surface area contributed by atoms with E-state index in [1.165, 1.54) is 0 Å². The van der Waals surface area contributed by atoms with Gasteiger partial charge in [0.1, 0.15) is 5.69 Å². The molecular formula is C16H27N5O2. The van der Waals surface area contributed by atoms with Crippen LogP contribution >= 0.6 is 0 Å². The minimum Gasteiger partial charge on any atom is -0.375 e. The van der Waals surface area contributed by atoms with Crippen molar-refractivity contribution in [2.75, 3.05) is 53.4 Å². The van der Waals surface area contributed by atoms with Gasteiger partial charge in [-0.05, 0) is 33.0 Å². The van der Waals surface area contributed by atoms with Gasteiger partial charge in [0.25, 0.3) is 5.91 Å². The summed E-state index contributed by atoms with van der Waals surface area (Å²) in [6.07, 6.45) is 3.74. The summed E-state index contributed by atoms with van der Waals surface area (Å²) in [6, 6.07) is 2.16. The molecule has 23 heavy (non-hydrogen) atoms. The van der Waals surface area contributed by atoms with Crippen molar-refractivity contribution in [3.8, 4) is 0 Å². The lowest BCUT2D eigenvalue weighted by atomic mass is 10.0. The third-order valence-electron chi connectivity index (χ3n) is 4.84. The van der Waals surface area contributed by atoms with Crippen LogP contribution in [0.2, 0.25) is 0 Å². The fraction of sp³-hybridized carbons (Fsp3) is 0.750. The number of H-pyrrole nitrogens is 1. The molecule has 1 amide bonds. The molecule has 2 aliphatic heterocycles. The molecule has 2 atom stereocenters. The largest absolute Gasteiger partial charge is 0.375 e. The van der Waals surface area contributed by atoms with Gasteiger partial charge in [0, 0.05) is 45.0 Å². The number of hydrogen-bond acceptors (Lipinski definition) is 5. The average Bonchev–Trinajstić information content (AvgIpc) is 2.99. The molecule has 1 aromatic heterocycles. The van der Waals surface area contributed by atoms with Crippen LogP contribution in [-0.2, 0) is 4.74 Å². The van der Waals surface area contributed by atoms with Crippen LogP contribution in [0.5, 0.6) is 0 Å². The molecule has 7 heteroatoms. The number of ether oxygens (including phenoxy) is 1. The molecule has 0 aromatic carbocycles. The SMILES string of the molecule is CN(C)CCN1CCOC2CCN(C(=O)c3ccn[nH]3)CCC21. The summed E-state index contributed by atoms with van der Waals surface area (Å²) in [6.45, 7) is 5.43. The molecule has 0 radical (unpaired) electrons. The number of carbonyl (C=O) groups excluding carboxylic acids is 1. The topological polar surface area (TPSA) is 64.7 Å². The van der Waals surface area contributed by atoms with E-state index in [0.29, 0.717) is 11.7 Å². The first-order valence-corrected chi connectivity index (χ1v) is 8.44. The molecule has 7 nitrogen and oxygen atoms in total. The van der Waals surface area contributed by atoms with E-state index in [2.05, 4.69) is 34.1 Å². The van der Waals surface area contributed by atoms with Crippen molar-refractivity contribution in [1.82, 2.24) is 24.9 Å². The van der Waals surface area contributed by atoms with E-state index in [1.807, 2.05) is 4.90 Å². The van der Waals surface area contributed by atoms with Gasteiger partial charge in [0.2, 0.25) is 0 Å². The molecule has 3 rings (SSSR count). The zero-order valence-corrected chi connectivity index (χ0v) is 14.1. The van der Waals surface area contributed by atoms with E-state index in [4.69, 9.17) is 4.74 Å². The predicted octanol–water partition coefficient (Wildman–Crippen LogP) is 0.277. The zero-order chi connectivity index (χ0) is 16.2. The molecule has 0 aliphatic carbocycles. The maximum absolute atomic E-state index is 12.5. The van der Waals surface area contributed by atoms with E-state index < -0.39 is 0 Å². The van der Waals surface area contributed by atoms with Gasteiger partial charge in [-0.1, -0.05) is 0 Å². The number of carbonyl (C=O) groups is 1. The Hall–Kier alpha value is -1.44. The van der Waals surface area contributed by atoms with Crippen LogP contribution in [0.25, 0.3) is 0 Å². The van der Waals surface area contributed by atoms with E-state index in [-0.39, 0.29) is 12.0 Å². The van der Waals surface area contributed by atoms with Crippen molar-refractivity contribution in [3.63, 3.8) is 0 Å². The average molecular weight is 321 g/mol. The fourth-order valence-corrected chi connectivity index (χ4v) is 3.52. The maximum Gasteiger partial charge on any atom is 0.271 e. The van der Waals surface area contributed by atoms with Crippen molar-refractivity contribution in [2.24, 2.45) is 0 Å². The van der Waals surface area contributed by atoms with Gasteiger partial charge in [-0.25, -0.2) is 0 Å². The number of aromatic nitrogens is 2. The van der Waals surface area contributed by atoms with E-state index in [9.17, 15) is 4.79 Å². The number of likely N-dealkylation sites (N-methyl/N-ethyl adjacent to an activating group) is 1. The van der Waals surface area contributed by atoms with E-state index in [1.54, 1.807) is 12.3 Å². The molecule has 2 unspecified atom stereocenters. The molecule has 0 spiro atoms. The molecule has 2 aliphatic rings. The normalized spacial score (nSPS) is 26.1. The summed E-state index contributed by atoms with van der Waals surface area (Å²) in [5.74, 6) is 0.0426. The van der Waals surface area contributed by atoms with Crippen molar-refractivity contribution < 1.29 is 9.53 Å². The number of morpholine rings is 1. The number of nitrogens with one attached hydrogen (secondary N) is 1. The zero-order valence-electron chi connectivity index (χ0n) is 14.1. The number of likely N-dealkylation sites (tertiary alicyclic amines) is 1. The van der Waals surface area contributed by atoms with Crippen LogP contribution < -0.4 is 0 Å². The lowest BCUT2D eigenvalue weighted by Crippen LogP contribution is -2.52. The fourth-order valence-electron chi connectivity index (χ4n) is 3.52. The van der Waals surface area contributed by atoms with Crippen molar-refractivity contribution in [2.45, 2.75) is 25.0 Å². The Bertz CT molecular complexity index is 505. The summed E-state index contributed by atoms with van der Waals surface area (Å²) < 4.78 is 6.00. The molecule has 2 saturated heterocycles. The van der Waals surface area contributed by atoms with Crippen molar-refractivity contribution in [3.05, 3.63) is 18.0 Å². The Morgan fingerprint density at radius 1 is 1.39 bits per heavy atom. The highest BCUT2D eigenvalue weighted by Gasteiger charge is 2.35. The lowest BCUT2D eigenvalue weighted by molar-refractivity contribution is -0.0724. The van der Waals surface area contributed by atoms with E-state index in [0.717, 1.165) is 52.2 Å². The Labute approximate surface area is 137 Å². The number of fused-ring (bicyclic) bond motifs is 1. The monoisotopic (exact) mass is 321 g/mol. The van der Waals surface area contributed by atoms with Gasteiger partial charge in [-0.15, -0.1) is 0 Å². The predicted molar refractivity (Wildman–Crippen MR) is 87.4 cm³/mol. The second kappa shape index (κ2) is 7.42. The van der Waals surface area contributed by atoms with Crippen LogP contribution in [0.1, 0.15) is 23.3 Å². The van der Waals surface area contributed by atoms with Gasteiger partial charge in [-0.2, -0.15) is 5.10 Å². The van der Waals surface area contributed by atoms with Gasteiger partial charge in [-0.3, -0.25) is 14.8 Å². The minimum absolute atomic E-state index is 0.0426. The molecular weight excluding hydrogens is 294 g/mol. The number of aromatic amines is 1. The maximum atomic E-state index is 12.5. The Balaban J connectivity index is 1.63. The summed E-state index contributed by atoms with van der Waals surface area (Å²) in [4.78, 5) is 19.2. The second-order valence-corrected chi connectivity index (χ2v) is 6.66. The molecule has 3 heterocycles. The summed E-state index contributed by atoms with van der Waals surface area (Å²) >= 11 is 0. The van der Waals surface area contributed by atoms with Gasteiger partial charge in [0.15, 0.2) is 0 Å². The Morgan fingerprint density at radius 3 is 2.96 bits per heavy atom. The van der Waals surface area contributed by atoms with Gasteiger partial charge < -0.3 is 14.5 Å². The van der Waals surface area contributed by atoms with Crippen LogP contribution in [0.4, 0.5) is 0 Å². The summed E-state index contributed by atoms with van der Waals surface area (Å²) in [5, 5.41) is 6.65. The first kappa shape index (κ1) is 16.4. The van der Waals surface area contributed by atoms with Crippen LogP contribution in [0.3, 0.4) is 0 Å². The first-order valence-electron chi connectivity index (χ1n) is 8.44. The molecule has 1 aromatic rings. The van der Waals surface area contributed by atoms with Crippen molar-refractivity contribution in [1.29, 1.82) is 0 Å². The number of nitrogens with zero attached hydrogens (tertiary/aromatic N) is 4. The summed E-state index contributed by atoms with van der Waals surface area (Å²) in [5.41, 5.74) is 0.570. The highest BCUT2D eigenvalue weighted by Crippen LogP contribution is 2.24. The second-order valence-electron chi connectivity index (χ2n) is 6.66. The molecule has 128 valence electrons. The third-order valence-corrected chi connectivity index (χ3v) is 4.84. The van der Waals surface area contributed by atoms with Crippen LogP contribution in [-0.4, -0.2) is 96.4 Å². The van der Waals surface area contributed by atoms with Gasteiger partial charge >= 0.3 is 0 Å². The van der Waals surface area contributed by atoms with Crippen LogP contribution in [0.15, 0.2) is 12.3 Å². The van der Waals surface area contributed by atoms with Crippen LogP contribution in [0, 0.1) is 0 Å². The highest BCUT2D eigenvalue weighted by atomic mass is 16.5. The van der Waals surface area contributed by atoms with E-state index >= 15 is 0 Å². The highest BCUT2D eigenvalue weighted by molar-refractivity contribution is 5.92. The quantitative estimate of drug-likeness (QED) is 0.863. The number of amides is 1. The number of rotatable bonds is 4. The minimum atomic E-state index is 0.0426. The number of hydrogen-bond donors (Lipinski definition) is 1. The Kier molecular flexibility index (Phi) is 5.30. The first-order chi connectivity index (χ1) is 11.1. The molecule has 2 fully saturated rings. The van der Waals surface area contributed by atoms with Gasteiger partial charge in [0.05, 0.1) is 12.7 Å². The Morgan fingerprint density at radius 2 is 2.22 bits per heavy atom. The van der Waals surface area contributed by atoms with Crippen molar-refractivity contribution >= 4 is 5.91 Å².